The number of aromatic carboxylic acids is 1. The highest BCUT2D eigenvalue weighted by molar-refractivity contribution is 5.87. The first-order chi connectivity index (χ1) is 14.1. The summed E-state index contributed by atoms with van der Waals surface area (Å²) in [5.74, 6) is -0.605. The van der Waals surface area contributed by atoms with Crippen molar-refractivity contribution >= 4 is 11.9 Å². The zero-order valence-corrected chi connectivity index (χ0v) is 16.1. The van der Waals surface area contributed by atoms with Crippen molar-refractivity contribution in [2.24, 2.45) is 0 Å². The van der Waals surface area contributed by atoms with Gasteiger partial charge in [-0.05, 0) is 29.3 Å². The Morgan fingerprint density at radius 2 is 1.59 bits per heavy atom. The Bertz CT molecular complexity index is 972. The molecule has 1 amide bonds. The lowest BCUT2D eigenvalue weighted by molar-refractivity contribution is -0.131. The van der Waals surface area contributed by atoms with Gasteiger partial charge >= 0.3 is 5.97 Å². The highest BCUT2D eigenvalue weighted by Gasteiger charge is 2.18. The minimum Gasteiger partial charge on any atom is -0.481 e. The van der Waals surface area contributed by atoms with Gasteiger partial charge in [-0.1, -0.05) is 48.5 Å². The molecule has 1 N–H and O–H groups in total. The maximum absolute atomic E-state index is 13.1. The lowest BCUT2D eigenvalue weighted by Gasteiger charge is -2.23. The number of methoxy groups -OCH3 is 1. The Morgan fingerprint density at radius 1 is 0.931 bits per heavy atom. The van der Waals surface area contributed by atoms with Crippen LogP contribution < -0.4 is 4.74 Å². The topological polar surface area (TPSA) is 79.7 Å². The van der Waals surface area contributed by atoms with Crippen LogP contribution >= 0.6 is 0 Å². The van der Waals surface area contributed by atoms with E-state index in [1.54, 1.807) is 41.4 Å². The first-order valence-electron chi connectivity index (χ1n) is 9.18. The fourth-order valence-corrected chi connectivity index (χ4v) is 3.03. The summed E-state index contributed by atoms with van der Waals surface area (Å²) in [4.78, 5) is 30.1. The maximum Gasteiger partial charge on any atom is 0.335 e. The van der Waals surface area contributed by atoms with Crippen molar-refractivity contribution < 1.29 is 19.4 Å². The molecule has 0 aliphatic rings. The van der Waals surface area contributed by atoms with E-state index in [4.69, 9.17) is 9.84 Å². The zero-order valence-electron chi connectivity index (χ0n) is 16.1. The van der Waals surface area contributed by atoms with Crippen LogP contribution in [0.5, 0.6) is 5.88 Å². The molecule has 0 unspecified atom stereocenters. The molecule has 0 aliphatic heterocycles. The third-order valence-corrected chi connectivity index (χ3v) is 4.53. The minimum absolute atomic E-state index is 0.0672. The summed E-state index contributed by atoms with van der Waals surface area (Å²) in [6.07, 6.45) is 1.79. The van der Waals surface area contributed by atoms with E-state index in [9.17, 15) is 9.59 Å². The molecule has 0 saturated heterocycles. The second kappa shape index (κ2) is 9.50. The predicted molar refractivity (Wildman–Crippen MR) is 109 cm³/mol. The summed E-state index contributed by atoms with van der Waals surface area (Å²) in [6.45, 7) is 0.819. The Hall–Kier alpha value is -3.67. The van der Waals surface area contributed by atoms with Gasteiger partial charge in [0.15, 0.2) is 0 Å². The Balaban J connectivity index is 1.81. The van der Waals surface area contributed by atoms with E-state index >= 15 is 0 Å². The van der Waals surface area contributed by atoms with Crippen LogP contribution in [-0.2, 0) is 24.3 Å². The van der Waals surface area contributed by atoms with Gasteiger partial charge in [0.25, 0.3) is 0 Å². The van der Waals surface area contributed by atoms with Gasteiger partial charge in [0.1, 0.15) is 0 Å². The molecular weight excluding hydrogens is 368 g/mol. The van der Waals surface area contributed by atoms with E-state index < -0.39 is 5.97 Å². The second-order valence-corrected chi connectivity index (χ2v) is 6.59. The summed E-state index contributed by atoms with van der Waals surface area (Å²) < 4.78 is 5.26. The molecule has 3 rings (SSSR count). The molecule has 0 saturated carbocycles. The molecule has 0 radical (unpaired) electrons. The van der Waals surface area contributed by atoms with Crippen LogP contribution in [0.2, 0.25) is 0 Å². The van der Waals surface area contributed by atoms with Crippen molar-refractivity contribution in [1.29, 1.82) is 0 Å². The fourth-order valence-electron chi connectivity index (χ4n) is 3.03. The molecule has 1 heterocycles. The number of aromatic nitrogens is 1. The number of rotatable bonds is 8. The van der Waals surface area contributed by atoms with Crippen LogP contribution in [0.1, 0.15) is 27.0 Å². The van der Waals surface area contributed by atoms with Crippen LogP contribution in [0.15, 0.2) is 72.9 Å². The van der Waals surface area contributed by atoms with E-state index in [1.165, 1.54) is 7.11 Å². The maximum atomic E-state index is 13.1. The van der Waals surface area contributed by atoms with Gasteiger partial charge in [-0.3, -0.25) is 4.79 Å². The van der Waals surface area contributed by atoms with Crippen molar-refractivity contribution in [3.05, 3.63) is 95.2 Å². The molecule has 0 aliphatic carbocycles. The van der Waals surface area contributed by atoms with Gasteiger partial charge < -0.3 is 14.7 Å². The number of ether oxygens (including phenoxy) is 1. The number of carbonyl (C=O) groups is 2. The van der Waals surface area contributed by atoms with Gasteiger partial charge in [-0.25, -0.2) is 9.78 Å². The number of carbonyl (C=O) groups excluding carboxylic acids is 1. The second-order valence-electron chi connectivity index (χ2n) is 6.59. The molecular formula is C23H22N2O4. The number of carboxylic acid groups (broad SMARTS) is 1. The van der Waals surface area contributed by atoms with Crippen LogP contribution in [0.3, 0.4) is 0 Å². The van der Waals surface area contributed by atoms with Crippen LogP contribution in [0.4, 0.5) is 0 Å². The van der Waals surface area contributed by atoms with Crippen LogP contribution in [0, 0.1) is 0 Å². The summed E-state index contributed by atoms with van der Waals surface area (Å²) in [5, 5.41) is 9.07. The summed E-state index contributed by atoms with van der Waals surface area (Å²) >= 11 is 0. The van der Waals surface area contributed by atoms with E-state index in [1.807, 2.05) is 36.4 Å². The van der Waals surface area contributed by atoms with Gasteiger partial charge in [-0.2, -0.15) is 0 Å². The third kappa shape index (κ3) is 5.42. The first kappa shape index (κ1) is 20.1. The summed E-state index contributed by atoms with van der Waals surface area (Å²) in [7, 11) is 1.53. The predicted octanol–water partition coefficient (Wildman–Crippen LogP) is 3.56. The zero-order chi connectivity index (χ0) is 20.6. The lowest BCUT2D eigenvalue weighted by Crippen LogP contribution is -2.31. The number of amides is 1. The number of pyridine rings is 1. The largest absolute Gasteiger partial charge is 0.481 e. The molecule has 0 bridgehead atoms. The molecule has 0 spiro atoms. The van der Waals surface area contributed by atoms with Gasteiger partial charge in [0.2, 0.25) is 11.8 Å². The van der Waals surface area contributed by atoms with Crippen molar-refractivity contribution in [3.8, 4) is 5.88 Å². The molecule has 3 aromatic rings. The minimum atomic E-state index is -0.975. The smallest absolute Gasteiger partial charge is 0.335 e. The van der Waals surface area contributed by atoms with E-state index in [0.29, 0.717) is 19.0 Å². The number of nitrogens with zero attached hydrogens (tertiary/aromatic N) is 2. The highest BCUT2D eigenvalue weighted by Crippen LogP contribution is 2.18. The molecule has 6 heteroatoms. The van der Waals surface area contributed by atoms with Crippen molar-refractivity contribution in [2.75, 3.05) is 7.11 Å². The van der Waals surface area contributed by atoms with Crippen LogP contribution in [-0.4, -0.2) is 34.0 Å². The molecule has 2 aromatic carbocycles. The molecule has 148 valence electrons. The van der Waals surface area contributed by atoms with E-state index in [0.717, 1.165) is 16.7 Å². The first-order valence-corrected chi connectivity index (χ1v) is 9.18. The SMILES string of the molecule is COc1ncccc1CC(=O)N(Cc1ccccc1)Cc1ccc(C(=O)O)cc1. The number of carboxylic acids is 1. The fraction of sp³-hybridized carbons (Fsp3) is 0.174. The quantitative estimate of drug-likeness (QED) is 0.636. The monoisotopic (exact) mass is 390 g/mol. The van der Waals surface area contributed by atoms with Crippen molar-refractivity contribution in [3.63, 3.8) is 0 Å². The molecule has 0 fully saturated rings. The average Bonchev–Trinajstić information content (AvgIpc) is 2.74. The molecule has 0 atom stereocenters. The molecule has 1 aromatic heterocycles. The van der Waals surface area contributed by atoms with E-state index in [2.05, 4.69) is 4.98 Å². The van der Waals surface area contributed by atoms with Gasteiger partial charge in [0, 0.05) is 24.8 Å². The Kier molecular flexibility index (Phi) is 6.58. The van der Waals surface area contributed by atoms with Gasteiger partial charge in [-0.15, -0.1) is 0 Å². The standard InChI is InChI=1S/C23H22N2O4/c1-29-22-20(8-5-13-24-22)14-21(26)25(15-17-6-3-2-4-7-17)16-18-9-11-19(12-10-18)23(27)28/h2-13H,14-16H2,1H3,(H,27,28). The Morgan fingerprint density at radius 3 is 2.21 bits per heavy atom. The van der Waals surface area contributed by atoms with Crippen LogP contribution in [0.25, 0.3) is 0 Å². The molecule has 6 nitrogen and oxygen atoms in total. The van der Waals surface area contributed by atoms with Gasteiger partial charge in [0.05, 0.1) is 19.1 Å². The normalized spacial score (nSPS) is 10.4. The lowest BCUT2D eigenvalue weighted by atomic mass is 10.1. The summed E-state index contributed by atoms with van der Waals surface area (Å²) in [5.41, 5.74) is 2.81. The number of benzene rings is 2. The number of hydrogen-bond donors (Lipinski definition) is 1. The summed E-state index contributed by atoms with van der Waals surface area (Å²) in [6, 6.07) is 19.9. The highest BCUT2D eigenvalue weighted by atomic mass is 16.5. The third-order valence-electron chi connectivity index (χ3n) is 4.53. The number of hydrogen-bond acceptors (Lipinski definition) is 4. The van der Waals surface area contributed by atoms with Crippen molar-refractivity contribution in [2.45, 2.75) is 19.5 Å². The van der Waals surface area contributed by atoms with E-state index in [-0.39, 0.29) is 17.9 Å². The molecule has 29 heavy (non-hydrogen) atoms. The Labute approximate surface area is 169 Å². The average molecular weight is 390 g/mol. The van der Waals surface area contributed by atoms with Crippen molar-refractivity contribution in [1.82, 2.24) is 9.88 Å².